The molecule has 102 valence electrons. The maximum Gasteiger partial charge on any atom is 0.0843 e. The van der Waals surface area contributed by atoms with Crippen molar-refractivity contribution in [2.45, 2.75) is 32.2 Å². The molecule has 0 bridgehead atoms. The van der Waals surface area contributed by atoms with Crippen LogP contribution in [0.3, 0.4) is 0 Å². The van der Waals surface area contributed by atoms with Crippen molar-refractivity contribution < 1.29 is 0 Å². The van der Waals surface area contributed by atoms with E-state index in [4.69, 9.17) is 5.84 Å². The summed E-state index contributed by atoms with van der Waals surface area (Å²) in [6.07, 6.45) is 4.72. The van der Waals surface area contributed by atoms with Gasteiger partial charge in [-0.25, -0.2) is 0 Å². The van der Waals surface area contributed by atoms with E-state index in [-0.39, 0.29) is 6.04 Å². The minimum atomic E-state index is 0.220. The minimum Gasteiger partial charge on any atom is -0.271 e. The number of nitrogens with one attached hydrogen (secondary N) is 1. The summed E-state index contributed by atoms with van der Waals surface area (Å²) in [5, 5.41) is 8.02. The molecule has 2 rings (SSSR count). The summed E-state index contributed by atoms with van der Waals surface area (Å²) in [6.45, 7) is 2.10. The molecule has 2 aromatic rings. The minimum absolute atomic E-state index is 0.220. The maximum atomic E-state index is 5.61. The van der Waals surface area contributed by atoms with Gasteiger partial charge in [0.05, 0.1) is 5.69 Å². The lowest BCUT2D eigenvalue weighted by atomic mass is 10.0. The molecule has 0 saturated carbocycles. The third-order valence-corrected chi connectivity index (χ3v) is 3.24. The van der Waals surface area contributed by atoms with Crippen LogP contribution in [0.15, 0.2) is 30.5 Å². The van der Waals surface area contributed by atoms with Gasteiger partial charge in [0.2, 0.25) is 0 Å². The zero-order valence-corrected chi connectivity index (χ0v) is 11.5. The second-order valence-electron chi connectivity index (χ2n) is 4.98. The average Bonchev–Trinajstić information content (AvgIpc) is 2.82. The van der Waals surface area contributed by atoms with Gasteiger partial charge in [0.15, 0.2) is 0 Å². The van der Waals surface area contributed by atoms with Gasteiger partial charge in [-0.05, 0) is 25.3 Å². The van der Waals surface area contributed by atoms with Crippen LogP contribution < -0.4 is 11.3 Å². The van der Waals surface area contributed by atoms with Crippen LogP contribution in [0.4, 0.5) is 0 Å². The Morgan fingerprint density at radius 3 is 2.63 bits per heavy atom. The van der Waals surface area contributed by atoms with E-state index in [1.807, 2.05) is 13.2 Å². The van der Waals surface area contributed by atoms with E-state index < -0.39 is 0 Å². The molecule has 19 heavy (non-hydrogen) atoms. The standard InChI is InChI=1S/C14H21N5/c1-11-3-5-12(6-4-11)7-8-13(16-15)9-14-10-19(2)18-17-14/h3-6,10,13,16H,7-9,15H2,1-2H3. The molecule has 0 saturated heterocycles. The van der Waals surface area contributed by atoms with E-state index in [2.05, 4.69) is 46.9 Å². The molecule has 0 aliphatic heterocycles. The van der Waals surface area contributed by atoms with Crippen molar-refractivity contribution in [3.05, 3.63) is 47.3 Å². The topological polar surface area (TPSA) is 68.8 Å². The highest BCUT2D eigenvalue weighted by molar-refractivity contribution is 5.21. The molecule has 3 N–H and O–H groups in total. The predicted octanol–water partition coefficient (Wildman–Crippen LogP) is 1.13. The SMILES string of the molecule is Cc1ccc(CCC(Cc2cn(C)nn2)NN)cc1. The van der Waals surface area contributed by atoms with Crippen molar-refractivity contribution in [1.29, 1.82) is 0 Å². The van der Waals surface area contributed by atoms with E-state index in [0.717, 1.165) is 25.0 Å². The lowest BCUT2D eigenvalue weighted by Crippen LogP contribution is -2.37. The molecule has 1 unspecified atom stereocenters. The average molecular weight is 259 g/mol. The third-order valence-electron chi connectivity index (χ3n) is 3.24. The van der Waals surface area contributed by atoms with Crippen molar-refractivity contribution in [2.75, 3.05) is 0 Å². The fourth-order valence-corrected chi connectivity index (χ4v) is 2.08. The Labute approximate surface area is 113 Å². The zero-order chi connectivity index (χ0) is 13.7. The van der Waals surface area contributed by atoms with Crippen LogP contribution in [0, 0.1) is 6.92 Å². The van der Waals surface area contributed by atoms with E-state index in [0.29, 0.717) is 0 Å². The molecular formula is C14H21N5. The Hall–Kier alpha value is -1.72. The number of nitrogens with zero attached hydrogens (tertiary/aromatic N) is 3. The van der Waals surface area contributed by atoms with Gasteiger partial charge in [-0.1, -0.05) is 35.0 Å². The fourth-order valence-electron chi connectivity index (χ4n) is 2.08. The molecule has 5 heteroatoms. The van der Waals surface area contributed by atoms with E-state index in [1.54, 1.807) is 4.68 Å². The lowest BCUT2D eigenvalue weighted by Gasteiger charge is -2.14. The fraction of sp³-hybridized carbons (Fsp3) is 0.429. The van der Waals surface area contributed by atoms with Crippen molar-refractivity contribution in [1.82, 2.24) is 20.4 Å². The summed E-state index contributed by atoms with van der Waals surface area (Å²) in [7, 11) is 1.87. The molecule has 5 nitrogen and oxygen atoms in total. The first-order valence-electron chi connectivity index (χ1n) is 6.54. The Bertz CT molecular complexity index is 503. The summed E-state index contributed by atoms with van der Waals surface area (Å²) in [4.78, 5) is 0. The maximum absolute atomic E-state index is 5.61. The van der Waals surface area contributed by atoms with Crippen molar-refractivity contribution >= 4 is 0 Å². The second kappa shape index (κ2) is 6.45. The first-order chi connectivity index (χ1) is 9.17. The van der Waals surface area contributed by atoms with Gasteiger partial charge in [0.25, 0.3) is 0 Å². The monoisotopic (exact) mass is 259 g/mol. The summed E-state index contributed by atoms with van der Waals surface area (Å²) in [5.41, 5.74) is 6.46. The molecule has 0 amide bonds. The molecule has 0 aliphatic rings. The molecule has 1 aromatic carbocycles. The van der Waals surface area contributed by atoms with Crippen LogP contribution >= 0.6 is 0 Å². The molecule has 0 fully saturated rings. The van der Waals surface area contributed by atoms with Crippen LogP contribution in [0.2, 0.25) is 0 Å². The summed E-state index contributed by atoms with van der Waals surface area (Å²) in [6, 6.07) is 8.85. The van der Waals surface area contributed by atoms with Crippen molar-refractivity contribution in [2.24, 2.45) is 12.9 Å². The van der Waals surface area contributed by atoms with Gasteiger partial charge in [-0.15, -0.1) is 5.10 Å². The Kier molecular flexibility index (Phi) is 4.65. The first-order valence-corrected chi connectivity index (χ1v) is 6.54. The molecule has 0 spiro atoms. The molecule has 1 atom stereocenters. The number of aryl methyl sites for hydroxylation is 3. The highest BCUT2D eigenvalue weighted by Gasteiger charge is 2.10. The smallest absolute Gasteiger partial charge is 0.0843 e. The number of benzene rings is 1. The Morgan fingerprint density at radius 1 is 1.32 bits per heavy atom. The van der Waals surface area contributed by atoms with Gasteiger partial charge >= 0.3 is 0 Å². The number of hydrazine groups is 1. The summed E-state index contributed by atoms with van der Waals surface area (Å²) >= 11 is 0. The molecule has 0 aliphatic carbocycles. The van der Waals surface area contributed by atoms with E-state index in [1.165, 1.54) is 11.1 Å². The van der Waals surface area contributed by atoms with Gasteiger partial charge in [0.1, 0.15) is 0 Å². The van der Waals surface area contributed by atoms with Crippen molar-refractivity contribution in [3.63, 3.8) is 0 Å². The normalized spacial score (nSPS) is 12.6. The van der Waals surface area contributed by atoms with Crippen LogP contribution in [0.1, 0.15) is 23.2 Å². The molecule has 1 aromatic heterocycles. The van der Waals surface area contributed by atoms with Gasteiger partial charge in [-0.3, -0.25) is 16.0 Å². The van der Waals surface area contributed by atoms with Crippen LogP contribution in [-0.2, 0) is 19.9 Å². The summed E-state index contributed by atoms with van der Waals surface area (Å²) < 4.78 is 1.71. The van der Waals surface area contributed by atoms with Gasteiger partial charge in [-0.2, -0.15) is 0 Å². The summed E-state index contributed by atoms with van der Waals surface area (Å²) in [5.74, 6) is 5.61. The molecular weight excluding hydrogens is 238 g/mol. The number of nitrogens with two attached hydrogens (primary N) is 1. The Morgan fingerprint density at radius 2 is 2.05 bits per heavy atom. The number of hydrogen-bond acceptors (Lipinski definition) is 4. The van der Waals surface area contributed by atoms with E-state index >= 15 is 0 Å². The van der Waals surface area contributed by atoms with Crippen LogP contribution in [-0.4, -0.2) is 21.0 Å². The molecule has 0 radical (unpaired) electrons. The van der Waals surface area contributed by atoms with E-state index in [9.17, 15) is 0 Å². The largest absolute Gasteiger partial charge is 0.271 e. The highest BCUT2D eigenvalue weighted by Crippen LogP contribution is 2.09. The number of hydrogen-bond donors (Lipinski definition) is 2. The quantitative estimate of drug-likeness (QED) is 0.603. The van der Waals surface area contributed by atoms with Crippen molar-refractivity contribution in [3.8, 4) is 0 Å². The third kappa shape index (κ3) is 4.15. The predicted molar refractivity (Wildman–Crippen MR) is 75.3 cm³/mol. The molecule has 1 heterocycles. The number of rotatable bonds is 6. The lowest BCUT2D eigenvalue weighted by molar-refractivity contribution is 0.487. The van der Waals surface area contributed by atoms with Gasteiger partial charge < -0.3 is 0 Å². The van der Waals surface area contributed by atoms with Crippen LogP contribution in [0.25, 0.3) is 0 Å². The first kappa shape index (κ1) is 13.7. The van der Waals surface area contributed by atoms with Crippen LogP contribution in [0.5, 0.6) is 0 Å². The Balaban J connectivity index is 1.87. The zero-order valence-electron chi connectivity index (χ0n) is 11.5. The highest BCUT2D eigenvalue weighted by atomic mass is 15.4. The number of aromatic nitrogens is 3. The second-order valence-corrected chi connectivity index (χ2v) is 4.98. The van der Waals surface area contributed by atoms with Gasteiger partial charge in [0, 0.05) is 25.7 Å².